The van der Waals surface area contributed by atoms with Gasteiger partial charge in [0, 0.05) is 41.4 Å². The Hall–Kier alpha value is -3.30. The van der Waals surface area contributed by atoms with E-state index in [9.17, 15) is 14.9 Å². The monoisotopic (exact) mass is 486 g/mol. The zero-order valence-electron chi connectivity index (χ0n) is 20.0. The van der Waals surface area contributed by atoms with Gasteiger partial charge in [0.1, 0.15) is 11.9 Å². The van der Waals surface area contributed by atoms with Crippen LogP contribution < -0.4 is 0 Å². The van der Waals surface area contributed by atoms with Gasteiger partial charge in [0.05, 0.1) is 12.2 Å². The molecule has 0 radical (unpaired) electrons. The van der Waals surface area contributed by atoms with Crippen molar-refractivity contribution in [1.29, 1.82) is 5.26 Å². The van der Waals surface area contributed by atoms with Crippen LogP contribution in [0, 0.1) is 17.2 Å². The molecule has 180 valence electrons. The van der Waals surface area contributed by atoms with Crippen molar-refractivity contribution in [2.24, 2.45) is 5.92 Å². The standard InChI is InChI=1S/C29H30N2O3S/c1-20(23-5-3-2-4-6-23)15-24(32)17-28-26(18-30)25-9-7-22(16-27(25)35-28)19-34-29(33)10-8-21-11-13-31-14-12-21/h2-6,11-14,20,22H,7-10,15-17,19H2,1H3. The second-order valence-corrected chi connectivity index (χ2v) is 10.5. The molecule has 0 saturated heterocycles. The van der Waals surface area contributed by atoms with Crippen LogP contribution in [0.25, 0.3) is 0 Å². The number of aromatic nitrogens is 1. The Morgan fingerprint density at radius 1 is 1.20 bits per heavy atom. The Kier molecular flexibility index (Phi) is 8.44. The summed E-state index contributed by atoms with van der Waals surface area (Å²) in [5.41, 5.74) is 4.02. The number of nitriles is 1. The van der Waals surface area contributed by atoms with Gasteiger partial charge in [0.15, 0.2) is 0 Å². The molecule has 2 unspecified atom stereocenters. The molecule has 0 fully saturated rings. The van der Waals surface area contributed by atoms with E-state index in [0.717, 1.165) is 40.8 Å². The third-order valence-electron chi connectivity index (χ3n) is 6.66. The zero-order chi connectivity index (χ0) is 24.6. The van der Waals surface area contributed by atoms with Crippen LogP contribution in [0.15, 0.2) is 54.9 Å². The van der Waals surface area contributed by atoms with Crippen molar-refractivity contribution in [3.8, 4) is 6.07 Å². The van der Waals surface area contributed by atoms with E-state index in [2.05, 4.69) is 30.1 Å². The number of carbonyl (C=O) groups excluding carboxylic acids is 2. The van der Waals surface area contributed by atoms with E-state index in [4.69, 9.17) is 4.74 Å². The lowest BCUT2D eigenvalue weighted by Gasteiger charge is -2.22. The van der Waals surface area contributed by atoms with Gasteiger partial charge in [0.25, 0.3) is 0 Å². The molecule has 0 aliphatic heterocycles. The minimum Gasteiger partial charge on any atom is -0.465 e. The maximum Gasteiger partial charge on any atom is 0.306 e. The van der Waals surface area contributed by atoms with Crippen LogP contribution >= 0.6 is 11.3 Å². The van der Waals surface area contributed by atoms with E-state index in [1.165, 1.54) is 4.88 Å². The smallest absolute Gasteiger partial charge is 0.306 e. The highest BCUT2D eigenvalue weighted by Gasteiger charge is 2.27. The molecular weight excluding hydrogens is 456 g/mol. The summed E-state index contributed by atoms with van der Waals surface area (Å²) in [5.74, 6) is 0.382. The highest BCUT2D eigenvalue weighted by Crippen LogP contribution is 2.37. The summed E-state index contributed by atoms with van der Waals surface area (Å²) in [6.07, 6.45) is 7.70. The number of esters is 1. The fraction of sp³-hybridized carbons (Fsp3) is 0.379. The van der Waals surface area contributed by atoms with Gasteiger partial charge in [-0.05, 0) is 66.3 Å². The molecule has 0 saturated carbocycles. The lowest BCUT2D eigenvalue weighted by Crippen LogP contribution is -2.20. The van der Waals surface area contributed by atoms with Gasteiger partial charge in [-0.2, -0.15) is 5.26 Å². The number of ether oxygens (including phenoxy) is 1. The van der Waals surface area contributed by atoms with Gasteiger partial charge >= 0.3 is 5.97 Å². The largest absolute Gasteiger partial charge is 0.465 e. The predicted octanol–water partition coefficient (Wildman–Crippen LogP) is 5.60. The normalized spacial score (nSPS) is 15.6. The number of benzene rings is 1. The van der Waals surface area contributed by atoms with E-state index in [-0.39, 0.29) is 23.6 Å². The summed E-state index contributed by atoms with van der Waals surface area (Å²) < 4.78 is 5.56. The topological polar surface area (TPSA) is 80.0 Å². The first-order valence-electron chi connectivity index (χ1n) is 12.2. The van der Waals surface area contributed by atoms with Crippen molar-refractivity contribution in [2.75, 3.05) is 6.61 Å². The molecule has 4 rings (SSSR count). The lowest BCUT2D eigenvalue weighted by molar-refractivity contribution is -0.145. The second kappa shape index (κ2) is 11.9. The van der Waals surface area contributed by atoms with Crippen LogP contribution in [0.3, 0.4) is 0 Å². The molecule has 2 atom stereocenters. The molecule has 0 amide bonds. The summed E-state index contributed by atoms with van der Waals surface area (Å²) in [6, 6.07) is 16.2. The fourth-order valence-corrected chi connectivity index (χ4v) is 6.13. The molecule has 0 spiro atoms. The fourth-order valence-electron chi connectivity index (χ4n) is 4.68. The Labute approximate surface area is 210 Å². The number of Topliss-reactive ketones (excluding diaryl/α,β-unsaturated/α-hetero) is 1. The first kappa shape index (κ1) is 24.8. The molecule has 3 aromatic rings. The summed E-state index contributed by atoms with van der Waals surface area (Å²) in [7, 11) is 0. The van der Waals surface area contributed by atoms with Crippen LogP contribution in [-0.2, 0) is 40.0 Å². The molecule has 2 heterocycles. The van der Waals surface area contributed by atoms with Gasteiger partial charge in [-0.3, -0.25) is 14.6 Å². The van der Waals surface area contributed by atoms with Crippen molar-refractivity contribution in [1.82, 2.24) is 4.98 Å². The number of nitrogens with zero attached hydrogens (tertiary/aromatic N) is 2. The first-order chi connectivity index (χ1) is 17.0. The first-order valence-corrected chi connectivity index (χ1v) is 13.0. The molecular formula is C29H30N2O3S. The number of hydrogen-bond donors (Lipinski definition) is 0. The average Bonchev–Trinajstić information content (AvgIpc) is 3.23. The quantitative estimate of drug-likeness (QED) is 0.349. The van der Waals surface area contributed by atoms with E-state index in [1.54, 1.807) is 23.7 Å². The lowest BCUT2D eigenvalue weighted by atomic mass is 9.87. The summed E-state index contributed by atoms with van der Waals surface area (Å²) >= 11 is 1.59. The molecule has 6 heteroatoms. The number of rotatable bonds is 10. The van der Waals surface area contributed by atoms with Gasteiger partial charge in [0.2, 0.25) is 0 Å². The molecule has 1 aliphatic rings. The van der Waals surface area contributed by atoms with Gasteiger partial charge < -0.3 is 4.74 Å². The van der Waals surface area contributed by atoms with Crippen LogP contribution in [0.2, 0.25) is 0 Å². The van der Waals surface area contributed by atoms with Crippen molar-refractivity contribution in [3.63, 3.8) is 0 Å². The van der Waals surface area contributed by atoms with Crippen molar-refractivity contribution in [2.45, 2.75) is 57.8 Å². The third-order valence-corrected chi connectivity index (χ3v) is 7.91. The van der Waals surface area contributed by atoms with E-state index in [1.807, 2.05) is 30.3 Å². The van der Waals surface area contributed by atoms with Gasteiger partial charge in [-0.1, -0.05) is 37.3 Å². The van der Waals surface area contributed by atoms with Crippen molar-refractivity contribution < 1.29 is 14.3 Å². The zero-order valence-corrected chi connectivity index (χ0v) is 20.9. The van der Waals surface area contributed by atoms with E-state index < -0.39 is 0 Å². The van der Waals surface area contributed by atoms with E-state index in [0.29, 0.717) is 37.9 Å². The number of carbonyl (C=O) groups is 2. The van der Waals surface area contributed by atoms with Gasteiger partial charge in [-0.25, -0.2) is 0 Å². The molecule has 5 nitrogen and oxygen atoms in total. The predicted molar refractivity (Wildman–Crippen MR) is 136 cm³/mol. The Morgan fingerprint density at radius 3 is 2.71 bits per heavy atom. The summed E-state index contributed by atoms with van der Waals surface area (Å²) in [5, 5.41) is 9.80. The molecule has 1 aliphatic carbocycles. The third kappa shape index (κ3) is 6.64. The molecule has 0 N–H and O–H groups in total. The maximum atomic E-state index is 12.8. The van der Waals surface area contributed by atoms with Crippen molar-refractivity contribution in [3.05, 3.63) is 86.9 Å². The number of hydrogen-bond acceptors (Lipinski definition) is 6. The number of ketones is 1. The van der Waals surface area contributed by atoms with Gasteiger partial charge in [-0.15, -0.1) is 11.3 Å². The molecule has 1 aromatic carbocycles. The highest BCUT2D eigenvalue weighted by molar-refractivity contribution is 7.12. The molecule has 2 aromatic heterocycles. The maximum absolute atomic E-state index is 12.8. The number of aryl methyl sites for hydroxylation is 1. The van der Waals surface area contributed by atoms with Crippen molar-refractivity contribution >= 4 is 23.1 Å². The Balaban J connectivity index is 1.30. The highest BCUT2D eigenvalue weighted by atomic mass is 32.1. The Bertz CT molecular complexity index is 1200. The van der Waals surface area contributed by atoms with Crippen LogP contribution in [0.5, 0.6) is 0 Å². The summed E-state index contributed by atoms with van der Waals surface area (Å²) in [4.78, 5) is 31.1. The molecule has 0 bridgehead atoms. The minimum absolute atomic E-state index is 0.154. The number of fused-ring (bicyclic) bond motifs is 1. The van der Waals surface area contributed by atoms with Crippen LogP contribution in [0.4, 0.5) is 0 Å². The number of thiophene rings is 1. The molecule has 35 heavy (non-hydrogen) atoms. The summed E-state index contributed by atoms with van der Waals surface area (Å²) in [6.45, 7) is 2.47. The van der Waals surface area contributed by atoms with Crippen LogP contribution in [-0.4, -0.2) is 23.3 Å². The van der Waals surface area contributed by atoms with E-state index >= 15 is 0 Å². The minimum atomic E-state index is -0.185. The SMILES string of the molecule is CC(CC(=O)Cc1sc2c(c1C#N)CCC(COC(=O)CCc1ccncc1)C2)c1ccccc1. The second-order valence-electron chi connectivity index (χ2n) is 9.29. The van der Waals surface area contributed by atoms with Crippen LogP contribution in [0.1, 0.15) is 64.1 Å². The number of pyridine rings is 1. The Morgan fingerprint density at radius 2 is 1.97 bits per heavy atom. The average molecular weight is 487 g/mol.